The van der Waals surface area contributed by atoms with E-state index in [0.717, 1.165) is 29.6 Å². The van der Waals surface area contributed by atoms with Gasteiger partial charge < -0.3 is 16.0 Å². The summed E-state index contributed by atoms with van der Waals surface area (Å²) >= 11 is 0. The zero-order valence-corrected chi connectivity index (χ0v) is 16.5. The molecule has 2 aliphatic rings. The van der Waals surface area contributed by atoms with Gasteiger partial charge in [0.15, 0.2) is 0 Å². The highest BCUT2D eigenvalue weighted by Gasteiger charge is 2.58. The molecule has 6 heteroatoms. The molecular weight excluding hydrogens is 365 g/mol. The number of halogens is 1. The third-order valence-corrected chi connectivity index (χ3v) is 6.01. The van der Waals surface area contributed by atoms with Gasteiger partial charge in [-0.15, -0.1) is 0 Å². The van der Waals surface area contributed by atoms with Gasteiger partial charge in [-0.25, -0.2) is 14.4 Å². The monoisotopic (exact) mass is 387 g/mol. The molecule has 1 saturated heterocycles. The lowest BCUT2D eigenvalue weighted by molar-refractivity contribution is 0.360. The van der Waals surface area contributed by atoms with Crippen LogP contribution in [-0.4, -0.2) is 35.0 Å². The summed E-state index contributed by atoms with van der Waals surface area (Å²) in [7, 11) is 2.14. The van der Waals surface area contributed by atoms with Crippen LogP contribution in [0.2, 0.25) is 0 Å². The Hall–Kier alpha value is -3.17. The van der Waals surface area contributed by atoms with Crippen molar-refractivity contribution in [2.24, 2.45) is 11.3 Å². The fourth-order valence-corrected chi connectivity index (χ4v) is 4.32. The fourth-order valence-electron chi connectivity index (χ4n) is 4.32. The number of hydrogen-bond acceptors (Lipinski definition) is 5. The maximum atomic E-state index is 14.4. The van der Waals surface area contributed by atoms with Crippen molar-refractivity contribution in [3.8, 4) is 11.8 Å². The van der Waals surface area contributed by atoms with Gasteiger partial charge in [-0.3, -0.25) is 0 Å². The van der Waals surface area contributed by atoms with Gasteiger partial charge in [0.2, 0.25) is 0 Å². The summed E-state index contributed by atoms with van der Waals surface area (Å²) in [5, 5.41) is 3.81. The Kier molecular flexibility index (Phi) is 3.97. The summed E-state index contributed by atoms with van der Waals surface area (Å²) < 4.78 is 14.4. The third-order valence-electron chi connectivity index (χ3n) is 6.01. The Bertz CT molecular complexity index is 1200. The standard InChI is InChI=1S/C23H22FN5/c1-14-4-3-5-19(21(14)24)28-22-17-9-18(25)15(8-20(17)26-13-27-22)6-7-23-10-16(23)11-29(2)12-23/h3-5,8-9,13,16H,10-12,25H2,1-2H3,(H,26,27,28)/t16-,23+/m0/s1. The number of anilines is 3. The van der Waals surface area contributed by atoms with Crippen LogP contribution in [0.3, 0.4) is 0 Å². The number of nitrogen functional groups attached to an aromatic ring is 1. The lowest BCUT2D eigenvalue weighted by Crippen LogP contribution is -2.19. The molecule has 0 bridgehead atoms. The number of benzene rings is 2. The molecule has 1 saturated carbocycles. The summed E-state index contributed by atoms with van der Waals surface area (Å²) in [6, 6.07) is 8.93. The van der Waals surface area contributed by atoms with Crippen molar-refractivity contribution in [3.63, 3.8) is 0 Å². The van der Waals surface area contributed by atoms with Gasteiger partial charge in [-0.2, -0.15) is 0 Å². The van der Waals surface area contributed by atoms with Crippen LogP contribution in [0.4, 0.5) is 21.6 Å². The van der Waals surface area contributed by atoms with E-state index in [4.69, 9.17) is 5.73 Å². The van der Waals surface area contributed by atoms with Gasteiger partial charge >= 0.3 is 0 Å². The molecule has 2 heterocycles. The lowest BCUT2D eigenvalue weighted by atomic mass is 10.0. The van der Waals surface area contributed by atoms with Crippen LogP contribution in [0.15, 0.2) is 36.7 Å². The first-order valence-corrected chi connectivity index (χ1v) is 9.73. The zero-order chi connectivity index (χ0) is 20.2. The van der Waals surface area contributed by atoms with E-state index in [1.807, 2.05) is 12.1 Å². The largest absolute Gasteiger partial charge is 0.398 e. The van der Waals surface area contributed by atoms with E-state index in [0.29, 0.717) is 28.7 Å². The van der Waals surface area contributed by atoms with Crippen LogP contribution >= 0.6 is 0 Å². The average Bonchev–Trinajstić information content (AvgIpc) is 3.25. The van der Waals surface area contributed by atoms with Crippen LogP contribution in [-0.2, 0) is 0 Å². The smallest absolute Gasteiger partial charge is 0.149 e. The van der Waals surface area contributed by atoms with Crippen molar-refractivity contribution < 1.29 is 4.39 Å². The van der Waals surface area contributed by atoms with Gasteiger partial charge in [0.05, 0.1) is 11.2 Å². The molecule has 5 rings (SSSR count). The Morgan fingerprint density at radius 3 is 2.97 bits per heavy atom. The molecule has 2 fully saturated rings. The number of fused-ring (bicyclic) bond motifs is 2. The van der Waals surface area contributed by atoms with Crippen LogP contribution < -0.4 is 11.1 Å². The quantitative estimate of drug-likeness (QED) is 0.518. The predicted molar refractivity (Wildman–Crippen MR) is 113 cm³/mol. The summed E-state index contributed by atoms with van der Waals surface area (Å²) in [5.74, 6) is 7.67. The van der Waals surface area contributed by atoms with Gasteiger partial charge in [0.25, 0.3) is 0 Å². The van der Waals surface area contributed by atoms with Crippen molar-refractivity contribution in [2.45, 2.75) is 13.3 Å². The van der Waals surface area contributed by atoms with E-state index >= 15 is 0 Å². The highest BCUT2D eigenvalue weighted by Crippen LogP contribution is 2.56. The van der Waals surface area contributed by atoms with Crippen molar-refractivity contribution >= 4 is 28.1 Å². The second kappa shape index (κ2) is 6.43. The maximum Gasteiger partial charge on any atom is 0.149 e. The minimum Gasteiger partial charge on any atom is -0.398 e. The maximum absolute atomic E-state index is 14.4. The third kappa shape index (κ3) is 3.08. The van der Waals surface area contributed by atoms with Crippen molar-refractivity contribution in [2.75, 3.05) is 31.2 Å². The molecule has 146 valence electrons. The van der Waals surface area contributed by atoms with Gasteiger partial charge in [0.1, 0.15) is 18.0 Å². The van der Waals surface area contributed by atoms with Crippen molar-refractivity contribution in [1.29, 1.82) is 0 Å². The predicted octanol–water partition coefficient (Wildman–Crippen LogP) is 3.71. The van der Waals surface area contributed by atoms with E-state index in [1.54, 1.807) is 25.1 Å². The van der Waals surface area contributed by atoms with Crippen LogP contribution in [0, 0.1) is 35.9 Å². The second-order valence-corrected chi connectivity index (χ2v) is 8.24. The average molecular weight is 387 g/mol. The molecule has 2 aromatic carbocycles. The van der Waals surface area contributed by atoms with E-state index in [-0.39, 0.29) is 11.2 Å². The van der Waals surface area contributed by atoms with E-state index in [9.17, 15) is 4.39 Å². The normalized spacial score (nSPS) is 22.8. The molecule has 0 amide bonds. The summed E-state index contributed by atoms with van der Waals surface area (Å²) in [4.78, 5) is 11.0. The van der Waals surface area contributed by atoms with E-state index < -0.39 is 0 Å². The second-order valence-electron chi connectivity index (χ2n) is 8.24. The Morgan fingerprint density at radius 2 is 2.17 bits per heavy atom. The highest BCUT2D eigenvalue weighted by molar-refractivity contribution is 5.94. The molecular formula is C23H22FN5. The number of piperidine rings is 1. The number of nitrogens with zero attached hydrogens (tertiary/aromatic N) is 3. The van der Waals surface area contributed by atoms with Crippen LogP contribution in [0.5, 0.6) is 0 Å². The molecule has 1 aromatic heterocycles. The molecule has 0 unspecified atom stereocenters. The van der Waals surface area contributed by atoms with Gasteiger partial charge in [-0.05, 0) is 50.1 Å². The minimum absolute atomic E-state index is 0.136. The molecule has 5 nitrogen and oxygen atoms in total. The minimum atomic E-state index is -0.297. The van der Waals surface area contributed by atoms with Crippen molar-refractivity contribution in [3.05, 3.63) is 53.6 Å². The number of nitrogens with one attached hydrogen (secondary N) is 1. The lowest BCUT2D eigenvalue weighted by Gasteiger charge is -2.12. The highest BCUT2D eigenvalue weighted by atomic mass is 19.1. The molecule has 2 atom stereocenters. The number of likely N-dealkylation sites (tertiary alicyclic amines) is 1. The molecule has 0 spiro atoms. The summed E-state index contributed by atoms with van der Waals surface area (Å²) in [6.07, 6.45) is 2.64. The van der Waals surface area contributed by atoms with E-state index in [2.05, 4.69) is 39.1 Å². The first kappa shape index (κ1) is 17.9. The molecule has 3 N–H and O–H groups in total. The molecule has 3 aromatic rings. The number of aromatic nitrogens is 2. The number of aryl methyl sites for hydroxylation is 1. The summed E-state index contributed by atoms with van der Waals surface area (Å²) in [5.41, 5.74) is 9.46. The van der Waals surface area contributed by atoms with Crippen LogP contribution in [0.1, 0.15) is 17.5 Å². The fraction of sp³-hybridized carbons (Fsp3) is 0.304. The molecule has 29 heavy (non-hydrogen) atoms. The Morgan fingerprint density at radius 1 is 1.31 bits per heavy atom. The number of rotatable bonds is 2. The zero-order valence-electron chi connectivity index (χ0n) is 16.5. The summed E-state index contributed by atoms with van der Waals surface area (Å²) in [6.45, 7) is 3.88. The Balaban J connectivity index is 1.50. The Labute approximate surface area is 169 Å². The first-order chi connectivity index (χ1) is 13.9. The van der Waals surface area contributed by atoms with Gasteiger partial charge in [-0.1, -0.05) is 24.0 Å². The van der Waals surface area contributed by atoms with Crippen LogP contribution in [0.25, 0.3) is 10.9 Å². The van der Waals surface area contributed by atoms with Crippen molar-refractivity contribution in [1.82, 2.24) is 14.9 Å². The number of nitrogens with two attached hydrogens (primary N) is 1. The first-order valence-electron chi connectivity index (χ1n) is 9.73. The SMILES string of the molecule is Cc1cccc(Nc2ncnc3cc(C#C[C@]45C[C@H]4CN(C)C5)c(N)cc23)c1F. The molecule has 0 radical (unpaired) electrons. The number of hydrogen-bond donors (Lipinski definition) is 2. The topological polar surface area (TPSA) is 67.1 Å². The molecule has 1 aliphatic heterocycles. The molecule has 1 aliphatic carbocycles. The van der Waals surface area contributed by atoms with E-state index in [1.165, 1.54) is 12.7 Å². The van der Waals surface area contributed by atoms with Gasteiger partial charge in [0, 0.05) is 35.1 Å².